The first-order valence-electron chi connectivity index (χ1n) is 10.8. The van der Waals surface area contributed by atoms with Crippen LogP contribution in [0.3, 0.4) is 0 Å². The third-order valence-electron chi connectivity index (χ3n) is 6.31. The highest BCUT2D eigenvalue weighted by Gasteiger charge is 2.27. The number of carbonyl (C=O) groups is 2. The second-order valence-electron chi connectivity index (χ2n) is 8.43. The number of nitrogens with zero attached hydrogens (tertiary/aromatic N) is 1. The molecule has 6 nitrogen and oxygen atoms in total. The first-order chi connectivity index (χ1) is 14.9. The number of rotatable bonds is 7. The minimum atomic E-state index is -1.07. The second kappa shape index (κ2) is 8.46. The van der Waals surface area contributed by atoms with Crippen LogP contribution in [-0.2, 0) is 11.3 Å². The number of ketones is 1. The van der Waals surface area contributed by atoms with E-state index in [1.54, 1.807) is 6.07 Å². The molecule has 1 aliphatic rings. The predicted octanol–water partition coefficient (Wildman–Crippen LogP) is 4.80. The highest BCUT2D eigenvalue weighted by Crippen LogP contribution is 2.41. The number of carboxylic acid groups (broad SMARTS) is 1. The summed E-state index contributed by atoms with van der Waals surface area (Å²) in [5.41, 5.74) is 7.93. The van der Waals surface area contributed by atoms with Crippen LogP contribution in [-0.4, -0.2) is 28.0 Å². The first kappa shape index (κ1) is 21.0. The van der Waals surface area contributed by atoms with Crippen LogP contribution in [0.1, 0.15) is 48.2 Å². The van der Waals surface area contributed by atoms with Crippen LogP contribution in [0.2, 0.25) is 0 Å². The summed E-state index contributed by atoms with van der Waals surface area (Å²) in [6, 6.07) is 9.71. The molecule has 2 aromatic carbocycles. The summed E-state index contributed by atoms with van der Waals surface area (Å²) in [7, 11) is 0. The van der Waals surface area contributed by atoms with Crippen molar-refractivity contribution in [1.82, 2.24) is 4.57 Å². The van der Waals surface area contributed by atoms with Gasteiger partial charge in [0.05, 0.1) is 22.2 Å². The first-order valence-corrected chi connectivity index (χ1v) is 10.8. The van der Waals surface area contributed by atoms with Crippen LogP contribution in [0.15, 0.2) is 42.6 Å². The Kier molecular flexibility index (Phi) is 5.72. The molecule has 1 aromatic heterocycles. The van der Waals surface area contributed by atoms with Gasteiger partial charge in [-0.25, -0.2) is 4.79 Å². The van der Waals surface area contributed by atoms with E-state index in [2.05, 4.69) is 11.1 Å². The Labute approximate surface area is 181 Å². The molecular weight excluding hydrogens is 392 g/mol. The fourth-order valence-electron chi connectivity index (χ4n) is 4.86. The largest absolute Gasteiger partial charge is 0.481 e. The number of benzene rings is 2. The standard InChI is InChI=1S/C25H28N2O4/c1-15(26)25(30)22-16(2)27(13-17-8-4-3-5-9-17)24-19-11-7-6-10-18(19)12-20(23(22)24)31-14-21(28)29/h6-7,10-12,17H,1,3-5,8-9,13-14,26H2,2H3,(H,28,29). The van der Waals surface area contributed by atoms with Gasteiger partial charge < -0.3 is 20.1 Å². The molecule has 0 aliphatic heterocycles. The summed E-state index contributed by atoms with van der Waals surface area (Å²) in [4.78, 5) is 24.3. The Morgan fingerprint density at radius 1 is 1.23 bits per heavy atom. The second-order valence-corrected chi connectivity index (χ2v) is 8.43. The van der Waals surface area contributed by atoms with Crippen LogP contribution in [0.25, 0.3) is 21.7 Å². The minimum Gasteiger partial charge on any atom is -0.481 e. The molecule has 4 rings (SSSR count). The molecule has 1 fully saturated rings. The summed E-state index contributed by atoms with van der Waals surface area (Å²) in [6.45, 7) is 5.90. The normalized spacial score (nSPS) is 14.7. The minimum absolute atomic E-state index is 0.0443. The molecule has 0 bridgehead atoms. The maximum absolute atomic E-state index is 13.1. The molecule has 0 saturated heterocycles. The van der Waals surface area contributed by atoms with Crippen LogP contribution in [0, 0.1) is 12.8 Å². The number of carbonyl (C=O) groups excluding carboxylic acids is 1. The van der Waals surface area contributed by atoms with E-state index in [1.165, 1.54) is 32.1 Å². The number of hydrogen-bond donors (Lipinski definition) is 2. The van der Waals surface area contributed by atoms with Gasteiger partial charge in [-0.05, 0) is 37.1 Å². The van der Waals surface area contributed by atoms with Crippen molar-refractivity contribution in [3.63, 3.8) is 0 Å². The summed E-state index contributed by atoms with van der Waals surface area (Å²) >= 11 is 0. The summed E-state index contributed by atoms with van der Waals surface area (Å²) in [5.74, 6) is -0.503. The summed E-state index contributed by atoms with van der Waals surface area (Å²) in [6.07, 6.45) is 6.05. The monoisotopic (exact) mass is 420 g/mol. The van der Waals surface area contributed by atoms with Gasteiger partial charge in [0.2, 0.25) is 5.78 Å². The molecule has 0 amide bonds. The van der Waals surface area contributed by atoms with Crippen molar-refractivity contribution in [2.75, 3.05) is 6.61 Å². The van der Waals surface area contributed by atoms with Crippen molar-refractivity contribution in [2.24, 2.45) is 11.7 Å². The number of Topliss-reactive ketones (excluding diaryl/α,β-unsaturated/α-hetero) is 1. The van der Waals surface area contributed by atoms with Crippen molar-refractivity contribution >= 4 is 33.4 Å². The Morgan fingerprint density at radius 3 is 2.61 bits per heavy atom. The molecule has 31 heavy (non-hydrogen) atoms. The van der Waals surface area contributed by atoms with E-state index in [0.29, 0.717) is 22.6 Å². The smallest absolute Gasteiger partial charge is 0.341 e. The molecule has 3 N–H and O–H groups in total. The van der Waals surface area contributed by atoms with Crippen molar-refractivity contribution in [3.05, 3.63) is 53.9 Å². The fraction of sp³-hybridized carbons (Fsp3) is 0.360. The van der Waals surface area contributed by atoms with Gasteiger partial charge in [-0.3, -0.25) is 4.79 Å². The van der Waals surface area contributed by atoms with Gasteiger partial charge in [0.1, 0.15) is 5.75 Å². The number of allylic oxidation sites excluding steroid dienone is 1. The van der Waals surface area contributed by atoms with Gasteiger partial charge in [0.15, 0.2) is 6.61 Å². The van der Waals surface area contributed by atoms with Gasteiger partial charge in [-0.15, -0.1) is 0 Å². The summed E-state index contributed by atoms with van der Waals surface area (Å²) in [5, 5.41) is 11.7. The molecule has 0 atom stereocenters. The van der Waals surface area contributed by atoms with Crippen LogP contribution in [0.4, 0.5) is 0 Å². The van der Waals surface area contributed by atoms with Crippen LogP contribution in [0.5, 0.6) is 5.75 Å². The quantitative estimate of drug-likeness (QED) is 0.423. The molecule has 0 unspecified atom stereocenters. The third kappa shape index (κ3) is 3.90. The van der Waals surface area contributed by atoms with Crippen molar-refractivity contribution in [2.45, 2.75) is 45.6 Å². The molecule has 3 aromatic rings. The highest BCUT2D eigenvalue weighted by molar-refractivity contribution is 6.22. The molecule has 1 saturated carbocycles. The fourth-order valence-corrected chi connectivity index (χ4v) is 4.86. The number of ether oxygens (including phenoxy) is 1. The van der Waals surface area contributed by atoms with E-state index in [-0.39, 0.29) is 11.5 Å². The maximum Gasteiger partial charge on any atom is 0.341 e. The lowest BCUT2D eigenvalue weighted by molar-refractivity contribution is -0.139. The lowest BCUT2D eigenvalue weighted by Crippen LogP contribution is -2.16. The SMILES string of the molecule is C=C(N)C(=O)c1c(C)n(CC2CCCCC2)c2c1c(OCC(=O)O)cc1ccccc12. The van der Waals surface area contributed by atoms with E-state index in [4.69, 9.17) is 10.5 Å². The topological polar surface area (TPSA) is 94.5 Å². The van der Waals surface area contributed by atoms with Gasteiger partial charge in [-0.1, -0.05) is 50.1 Å². The molecule has 0 spiro atoms. The predicted molar refractivity (Wildman–Crippen MR) is 122 cm³/mol. The highest BCUT2D eigenvalue weighted by atomic mass is 16.5. The zero-order chi connectivity index (χ0) is 22.1. The molecule has 6 heteroatoms. The number of nitrogens with two attached hydrogens (primary N) is 1. The zero-order valence-electron chi connectivity index (χ0n) is 17.8. The lowest BCUT2D eigenvalue weighted by Gasteiger charge is -2.23. The molecule has 1 aliphatic carbocycles. The van der Waals surface area contributed by atoms with E-state index in [0.717, 1.165) is 28.5 Å². The third-order valence-corrected chi connectivity index (χ3v) is 6.31. The van der Waals surface area contributed by atoms with E-state index >= 15 is 0 Å². The Morgan fingerprint density at radius 2 is 1.94 bits per heavy atom. The maximum atomic E-state index is 13.1. The average molecular weight is 421 g/mol. The number of hydrogen-bond acceptors (Lipinski definition) is 4. The van der Waals surface area contributed by atoms with Gasteiger partial charge in [0.25, 0.3) is 0 Å². The van der Waals surface area contributed by atoms with E-state index in [9.17, 15) is 14.7 Å². The van der Waals surface area contributed by atoms with E-state index in [1.807, 2.05) is 31.2 Å². The molecule has 1 heterocycles. The molecule has 162 valence electrons. The van der Waals surface area contributed by atoms with Crippen LogP contribution >= 0.6 is 0 Å². The Hall–Kier alpha value is -3.28. The van der Waals surface area contributed by atoms with Crippen molar-refractivity contribution in [3.8, 4) is 5.75 Å². The van der Waals surface area contributed by atoms with Gasteiger partial charge in [0, 0.05) is 17.6 Å². The Bertz CT molecular complexity index is 1190. The molecule has 0 radical (unpaired) electrons. The van der Waals surface area contributed by atoms with Crippen molar-refractivity contribution in [1.29, 1.82) is 0 Å². The zero-order valence-corrected chi connectivity index (χ0v) is 17.8. The number of aromatic nitrogens is 1. The summed E-state index contributed by atoms with van der Waals surface area (Å²) < 4.78 is 7.89. The van der Waals surface area contributed by atoms with Gasteiger partial charge >= 0.3 is 5.97 Å². The average Bonchev–Trinajstić information content (AvgIpc) is 3.04. The van der Waals surface area contributed by atoms with Crippen molar-refractivity contribution < 1.29 is 19.4 Å². The number of aliphatic carboxylic acids is 1. The number of carboxylic acids is 1. The number of fused-ring (bicyclic) bond motifs is 3. The lowest BCUT2D eigenvalue weighted by atomic mass is 9.89. The Balaban J connectivity index is 2.03. The van der Waals surface area contributed by atoms with Gasteiger partial charge in [-0.2, -0.15) is 0 Å². The van der Waals surface area contributed by atoms with E-state index < -0.39 is 12.6 Å². The molecular formula is C25H28N2O4. The van der Waals surface area contributed by atoms with Crippen LogP contribution < -0.4 is 10.5 Å².